The highest BCUT2D eigenvalue weighted by atomic mass is 32.2. The molecule has 2 amide bonds. The zero-order valence-corrected chi connectivity index (χ0v) is 32.2. The number of ether oxygens (including phenoxy) is 3. The average Bonchev–Trinajstić information content (AvgIpc) is 3.82. The van der Waals surface area contributed by atoms with Crippen LogP contribution in [0.5, 0.6) is 17.2 Å². The molecule has 9 N–H and O–H groups in total. The summed E-state index contributed by atoms with van der Waals surface area (Å²) in [4.78, 5) is 36.3. The molecule has 0 saturated carbocycles. The number of hydrogen-bond donors (Lipinski definition) is 7. The van der Waals surface area contributed by atoms with Crippen LogP contribution in [-0.4, -0.2) is 66.7 Å². The third kappa shape index (κ3) is 10.5. The van der Waals surface area contributed by atoms with Crippen LogP contribution >= 0.6 is 12.0 Å². The maximum Gasteiger partial charge on any atom is 0.307 e. The zero-order chi connectivity index (χ0) is 41.2. The lowest BCUT2D eigenvalue weighted by molar-refractivity contribution is -0.501. The Kier molecular flexibility index (Phi) is 13.6. The average molecular weight is 810 g/mol. The molecule has 1 heterocycles. The molecule has 0 radical (unpaired) electrons. The van der Waals surface area contributed by atoms with Crippen molar-refractivity contribution in [1.82, 2.24) is 5.32 Å². The molecule has 1 aliphatic heterocycles. The normalized spacial score (nSPS) is 13.2. The number of fused-ring (bicyclic) bond motifs is 2. The van der Waals surface area contributed by atoms with E-state index in [4.69, 9.17) is 40.7 Å². The summed E-state index contributed by atoms with van der Waals surface area (Å²) in [7, 11) is 0. The Hall–Kier alpha value is -6.43. The SMILES string of the molecule is N=C(N)c1ccc(C2=C(Cc3cc(NC(=O)CCCC(=O)NCCOCCOSC(c4ccc5c(c4)OCO5)[N+](=O)[O-])ccc3O)c3ccc(C(=N)N)cc3C2)cc1. The summed E-state index contributed by atoms with van der Waals surface area (Å²) in [6.07, 6.45) is 1.48. The maximum absolute atomic E-state index is 12.8. The van der Waals surface area contributed by atoms with Crippen LogP contribution in [0.25, 0.3) is 11.1 Å². The number of carbonyl (C=O) groups is 2. The van der Waals surface area contributed by atoms with Crippen molar-refractivity contribution in [2.24, 2.45) is 11.5 Å². The molecule has 0 saturated heterocycles. The van der Waals surface area contributed by atoms with Gasteiger partial charge < -0.3 is 45.6 Å². The van der Waals surface area contributed by atoms with E-state index < -0.39 is 10.3 Å². The summed E-state index contributed by atoms with van der Waals surface area (Å²) < 4.78 is 21.4. The predicted octanol–water partition coefficient (Wildman–Crippen LogP) is 5.28. The Bertz CT molecular complexity index is 2250. The predicted molar refractivity (Wildman–Crippen MR) is 219 cm³/mol. The third-order valence-corrected chi connectivity index (χ3v) is 10.4. The molecule has 1 atom stereocenters. The standard InChI is InChI=1S/C41H43N7O9S/c42-39(43)25-6-4-24(5-7-25)32-20-28-18-26(40(44)45)8-11-31(28)33(32)21-29-19-30(10-12-34(29)49)47-38(51)3-1-2-37(50)46-14-15-54-16-17-57-58-41(48(52)53)27-9-13-35-36(22-27)56-23-55-35/h4-13,18-19,22,41,49H,1-3,14-17,20-21,23H2,(H3,42,43)(H3,44,45)(H,46,50)(H,47,51). The third-order valence-electron chi connectivity index (χ3n) is 9.47. The molecule has 0 spiro atoms. The Balaban J connectivity index is 0.932. The second kappa shape index (κ2) is 19.1. The van der Waals surface area contributed by atoms with Crippen LogP contribution in [0.3, 0.4) is 0 Å². The Morgan fingerprint density at radius 1 is 0.897 bits per heavy atom. The van der Waals surface area contributed by atoms with E-state index in [0.717, 1.165) is 27.8 Å². The van der Waals surface area contributed by atoms with Crippen molar-refractivity contribution in [2.75, 3.05) is 38.5 Å². The van der Waals surface area contributed by atoms with E-state index in [1.165, 1.54) is 6.07 Å². The molecule has 58 heavy (non-hydrogen) atoms. The molecule has 2 aliphatic rings. The molecular formula is C41H43N7O9S. The van der Waals surface area contributed by atoms with Crippen molar-refractivity contribution < 1.29 is 38.0 Å². The molecule has 1 unspecified atom stereocenters. The minimum Gasteiger partial charge on any atom is -0.508 e. The Morgan fingerprint density at radius 3 is 2.40 bits per heavy atom. The molecule has 0 fully saturated rings. The van der Waals surface area contributed by atoms with E-state index in [1.807, 2.05) is 24.3 Å². The minimum atomic E-state index is -1.16. The first-order chi connectivity index (χ1) is 28.0. The first kappa shape index (κ1) is 41.2. The van der Waals surface area contributed by atoms with Gasteiger partial charge in [0, 0.05) is 58.7 Å². The van der Waals surface area contributed by atoms with Crippen LogP contribution in [0.2, 0.25) is 0 Å². The van der Waals surface area contributed by atoms with Crippen LogP contribution in [0.1, 0.15) is 63.6 Å². The van der Waals surface area contributed by atoms with Crippen molar-refractivity contribution in [3.63, 3.8) is 0 Å². The van der Waals surface area contributed by atoms with Crippen molar-refractivity contribution in [2.45, 2.75) is 37.5 Å². The molecule has 4 aromatic carbocycles. The summed E-state index contributed by atoms with van der Waals surface area (Å²) >= 11 is 0.708. The molecule has 17 heteroatoms. The monoisotopic (exact) mass is 809 g/mol. The fraction of sp³-hybridized carbons (Fsp3) is 0.268. The van der Waals surface area contributed by atoms with Gasteiger partial charge in [0.15, 0.2) is 11.5 Å². The highest BCUT2D eigenvalue weighted by Gasteiger charge is 2.28. The number of benzene rings is 4. The number of anilines is 1. The quantitative estimate of drug-likeness (QED) is 0.00880. The van der Waals surface area contributed by atoms with E-state index in [2.05, 4.69) is 10.6 Å². The Morgan fingerprint density at radius 2 is 1.64 bits per heavy atom. The number of nitro groups is 1. The van der Waals surface area contributed by atoms with Crippen molar-refractivity contribution >= 4 is 52.4 Å². The summed E-state index contributed by atoms with van der Waals surface area (Å²) in [6.45, 7) is 0.780. The van der Waals surface area contributed by atoms with Crippen LogP contribution in [-0.2, 0) is 31.4 Å². The highest BCUT2D eigenvalue weighted by Crippen LogP contribution is 2.42. The van der Waals surface area contributed by atoms with E-state index in [-0.39, 0.29) is 75.2 Å². The molecule has 4 aromatic rings. The number of nitrogens with one attached hydrogen (secondary N) is 4. The van der Waals surface area contributed by atoms with Crippen LogP contribution in [0.4, 0.5) is 5.69 Å². The zero-order valence-electron chi connectivity index (χ0n) is 31.4. The number of phenolic OH excluding ortho intramolecular Hbond substituents is 1. The minimum absolute atomic E-state index is 0.0293. The van der Waals surface area contributed by atoms with Crippen molar-refractivity contribution in [3.8, 4) is 17.2 Å². The van der Waals surface area contributed by atoms with E-state index in [1.54, 1.807) is 48.5 Å². The van der Waals surface area contributed by atoms with Crippen molar-refractivity contribution in [3.05, 3.63) is 128 Å². The number of aromatic hydroxyl groups is 1. The van der Waals surface area contributed by atoms with Gasteiger partial charge >= 0.3 is 5.37 Å². The van der Waals surface area contributed by atoms with Gasteiger partial charge in [0.05, 0.1) is 31.9 Å². The van der Waals surface area contributed by atoms with Gasteiger partial charge in [-0.2, -0.15) is 0 Å². The summed E-state index contributed by atoms with van der Waals surface area (Å²) in [5.41, 5.74) is 19.1. The van der Waals surface area contributed by atoms with Gasteiger partial charge in [-0.25, -0.2) is 0 Å². The molecule has 1 aliphatic carbocycles. The van der Waals surface area contributed by atoms with E-state index in [0.29, 0.717) is 70.7 Å². The van der Waals surface area contributed by atoms with Gasteiger partial charge in [-0.1, -0.05) is 36.4 Å². The van der Waals surface area contributed by atoms with Gasteiger partial charge in [0.1, 0.15) is 17.4 Å². The number of phenols is 1. The number of nitrogens with zero attached hydrogens (tertiary/aromatic N) is 1. The smallest absolute Gasteiger partial charge is 0.307 e. The highest BCUT2D eigenvalue weighted by molar-refractivity contribution is 7.94. The number of nitrogens with two attached hydrogens (primary N) is 2. The molecular weight excluding hydrogens is 767 g/mol. The lowest BCUT2D eigenvalue weighted by atomic mass is 9.93. The molecule has 6 rings (SSSR count). The lowest BCUT2D eigenvalue weighted by Crippen LogP contribution is -2.27. The number of hydrogen-bond acceptors (Lipinski definition) is 12. The van der Waals surface area contributed by atoms with E-state index in [9.17, 15) is 24.8 Å². The fourth-order valence-corrected chi connectivity index (χ4v) is 7.18. The summed E-state index contributed by atoms with van der Waals surface area (Å²) in [5, 5.41) is 42.6. The molecule has 302 valence electrons. The number of amidine groups is 2. The topological polar surface area (TPSA) is 258 Å². The first-order valence-electron chi connectivity index (χ1n) is 18.4. The Labute approximate surface area is 338 Å². The summed E-state index contributed by atoms with van der Waals surface area (Å²) in [6, 6.07) is 22.7. The van der Waals surface area contributed by atoms with Crippen molar-refractivity contribution in [1.29, 1.82) is 10.8 Å². The van der Waals surface area contributed by atoms with Gasteiger partial charge in [0.2, 0.25) is 18.6 Å². The second-order valence-electron chi connectivity index (χ2n) is 13.5. The van der Waals surface area contributed by atoms with E-state index >= 15 is 0 Å². The lowest BCUT2D eigenvalue weighted by Gasteiger charge is -2.13. The van der Waals surface area contributed by atoms with Gasteiger partial charge in [-0.05, 0) is 83.1 Å². The van der Waals surface area contributed by atoms with Gasteiger partial charge in [-0.3, -0.25) is 30.5 Å². The van der Waals surface area contributed by atoms with Gasteiger partial charge in [-0.15, -0.1) is 0 Å². The molecule has 0 bridgehead atoms. The second-order valence-corrected chi connectivity index (χ2v) is 14.3. The summed E-state index contributed by atoms with van der Waals surface area (Å²) in [5.74, 6) is 0.468. The molecule has 0 aromatic heterocycles. The van der Waals surface area contributed by atoms with Crippen LogP contribution in [0.15, 0.2) is 78.9 Å². The largest absolute Gasteiger partial charge is 0.508 e. The van der Waals surface area contributed by atoms with Crippen LogP contribution in [0, 0.1) is 20.9 Å². The fourth-order valence-electron chi connectivity index (χ4n) is 6.56. The first-order valence-corrected chi connectivity index (χ1v) is 19.2. The van der Waals surface area contributed by atoms with Crippen LogP contribution < -0.4 is 31.6 Å². The molecule has 16 nitrogen and oxygen atoms in total. The maximum atomic E-state index is 12.8. The number of amides is 2. The van der Waals surface area contributed by atoms with Gasteiger partial charge in [0.25, 0.3) is 0 Å². The number of allylic oxidation sites excluding steroid dienone is 2. The number of carbonyl (C=O) groups excluding carboxylic acids is 2. The number of rotatable bonds is 20. The number of nitrogen functional groups attached to an aromatic ring is 2.